The maximum atomic E-state index is 13.4. The van der Waals surface area contributed by atoms with Crippen molar-refractivity contribution in [3.05, 3.63) is 42.3 Å². The van der Waals surface area contributed by atoms with Gasteiger partial charge < -0.3 is 14.8 Å². The normalized spacial score (nSPS) is 10.1. The Morgan fingerprint density at radius 1 is 1.15 bits per heavy atom. The van der Waals surface area contributed by atoms with Crippen LogP contribution in [0.25, 0.3) is 0 Å². The molecule has 0 saturated heterocycles. The molecule has 0 aliphatic heterocycles. The van der Waals surface area contributed by atoms with Gasteiger partial charge in [-0.2, -0.15) is 9.37 Å². The molecular formula is C14H16FN3O2. The smallest absolute Gasteiger partial charge is 0.255 e. The van der Waals surface area contributed by atoms with Crippen molar-refractivity contribution in [2.45, 2.75) is 6.92 Å². The molecule has 20 heavy (non-hydrogen) atoms. The number of hydrogen-bond donors (Lipinski definition) is 1. The topological polar surface area (TPSA) is 56.3 Å². The van der Waals surface area contributed by atoms with Gasteiger partial charge in [0.15, 0.2) is 0 Å². The zero-order valence-corrected chi connectivity index (χ0v) is 11.2. The predicted octanol–water partition coefficient (Wildman–Crippen LogP) is 2.51. The summed E-state index contributed by atoms with van der Waals surface area (Å²) in [4.78, 5) is 7.73. The summed E-state index contributed by atoms with van der Waals surface area (Å²) in [5.41, 5.74) is 0. The fourth-order valence-electron chi connectivity index (χ4n) is 1.51. The Bertz CT molecular complexity index is 537. The lowest BCUT2D eigenvalue weighted by molar-refractivity contribution is 0.205. The standard InChI is InChI=1S/C14H16FN3O2/c1-2-16-14-17-10-12(15)13(18-14)20-9-8-19-11-6-4-3-5-7-11/h3-7,10H,2,8-9H2,1H3,(H,16,17,18). The first-order valence-electron chi connectivity index (χ1n) is 6.36. The average Bonchev–Trinajstić information content (AvgIpc) is 2.48. The molecule has 0 atom stereocenters. The summed E-state index contributed by atoms with van der Waals surface area (Å²) in [5, 5.41) is 2.89. The minimum Gasteiger partial charge on any atom is -0.490 e. The zero-order valence-electron chi connectivity index (χ0n) is 11.2. The van der Waals surface area contributed by atoms with Crippen molar-refractivity contribution >= 4 is 5.95 Å². The van der Waals surface area contributed by atoms with E-state index in [0.29, 0.717) is 19.1 Å². The molecule has 1 aromatic heterocycles. The van der Waals surface area contributed by atoms with Crippen molar-refractivity contribution in [3.63, 3.8) is 0 Å². The van der Waals surface area contributed by atoms with Crippen LogP contribution in [-0.2, 0) is 0 Å². The molecule has 0 spiro atoms. The Hall–Kier alpha value is -2.37. The van der Waals surface area contributed by atoms with Gasteiger partial charge in [0, 0.05) is 6.54 Å². The molecule has 5 nitrogen and oxygen atoms in total. The number of nitrogens with one attached hydrogen (secondary N) is 1. The largest absolute Gasteiger partial charge is 0.490 e. The van der Waals surface area contributed by atoms with Gasteiger partial charge in [0.2, 0.25) is 11.8 Å². The summed E-state index contributed by atoms with van der Waals surface area (Å²) in [6.07, 6.45) is 1.08. The van der Waals surface area contributed by atoms with Gasteiger partial charge in [-0.3, -0.25) is 0 Å². The van der Waals surface area contributed by atoms with E-state index in [0.717, 1.165) is 11.9 Å². The molecule has 2 aromatic rings. The second-order valence-corrected chi connectivity index (χ2v) is 3.89. The van der Waals surface area contributed by atoms with Crippen LogP contribution < -0.4 is 14.8 Å². The number of rotatable bonds is 7. The van der Waals surface area contributed by atoms with E-state index < -0.39 is 5.82 Å². The molecule has 1 heterocycles. The van der Waals surface area contributed by atoms with Crippen molar-refractivity contribution in [1.82, 2.24) is 9.97 Å². The molecule has 0 aliphatic carbocycles. The fourth-order valence-corrected chi connectivity index (χ4v) is 1.51. The number of benzene rings is 1. The lowest BCUT2D eigenvalue weighted by Gasteiger charge is -2.09. The average molecular weight is 277 g/mol. The molecule has 1 aromatic carbocycles. The maximum Gasteiger partial charge on any atom is 0.255 e. The van der Waals surface area contributed by atoms with E-state index >= 15 is 0 Å². The van der Waals surface area contributed by atoms with E-state index in [1.165, 1.54) is 0 Å². The second-order valence-electron chi connectivity index (χ2n) is 3.89. The first-order valence-corrected chi connectivity index (χ1v) is 6.36. The van der Waals surface area contributed by atoms with Gasteiger partial charge in [-0.05, 0) is 19.1 Å². The molecule has 6 heteroatoms. The molecule has 0 saturated carbocycles. The van der Waals surface area contributed by atoms with Gasteiger partial charge in [0.05, 0.1) is 6.20 Å². The molecule has 0 fully saturated rings. The van der Waals surface area contributed by atoms with Crippen molar-refractivity contribution in [2.24, 2.45) is 0 Å². The van der Waals surface area contributed by atoms with E-state index in [9.17, 15) is 4.39 Å². The summed E-state index contributed by atoms with van der Waals surface area (Å²) in [7, 11) is 0. The molecule has 0 aliphatic rings. The highest BCUT2D eigenvalue weighted by atomic mass is 19.1. The Kier molecular flexibility index (Phi) is 5.11. The van der Waals surface area contributed by atoms with Crippen LogP contribution in [0.1, 0.15) is 6.92 Å². The summed E-state index contributed by atoms with van der Waals surface area (Å²) in [6, 6.07) is 9.34. The zero-order chi connectivity index (χ0) is 14.2. The number of aromatic nitrogens is 2. The van der Waals surface area contributed by atoms with E-state index in [4.69, 9.17) is 9.47 Å². The lowest BCUT2D eigenvalue weighted by Crippen LogP contribution is -2.12. The second kappa shape index (κ2) is 7.28. The van der Waals surface area contributed by atoms with Crippen LogP contribution in [0.3, 0.4) is 0 Å². The number of hydrogen-bond acceptors (Lipinski definition) is 5. The Morgan fingerprint density at radius 3 is 2.65 bits per heavy atom. The monoisotopic (exact) mass is 277 g/mol. The van der Waals surface area contributed by atoms with Crippen LogP contribution in [0.5, 0.6) is 11.6 Å². The number of anilines is 1. The number of halogens is 1. The fraction of sp³-hybridized carbons (Fsp3) is 0.286. The van der Waals surface area contributed by atoms with Crippen molar-refractivity contribution in [3.8, 4) is 11.6 Å². The van der Waals surface area contributed by atoms with Gasteiger partial charge in [-0.25, -0.2) is 4.98 Å². The molecule has 0 radical (unpaired) electrons. The van der Waals surface area contributed by atoms with Crippen LogP contribution >= 0.6 is 0 Å². The molecular weight excluding hydrogens is 261 g/mol. The van der Waals surface area contributed by atoms with Gasteiger partial charge in [0.1, 0.15) is 19.0 Å². The van der Waals surface area contributed by atoms with Crippen molar-refractivity contribution in [1.29, 1.82) is 0 Å². The maximum absolute atomic E-state index is 13.4. The van der Waals surface area contributed by atoms with E-state index in [-0.39, 0.29) is 12.5 Å². The summed E-state index contributed by atoms with van der Waals surface area (Å²) < 4.78 is 24.1. The van der Waals surface area contributed by atoms with E-state index in [1.54, 1.807) is 0 Å². The molecule has 0 bridgehead atoms. The third kappa shape index (κ3) is 4.08. The Balaban J connectivity index is 1.83. The minimum atomic E-state index is -0.591. The number of ether oxygens (including phenoxy) is 2. The molecule has 1 N–H and O–H groups in total. The quantitative estimate of drug-likeness (QED) is 0.788. The molecule has 0 amide bonds. The highest BCUT2D eigenvalue weighted by Gasteiger charge is 2.07. The van der Waals surface area contributed by atoms with Crippen LogP contribution in [-0.4, -0.2) is 29.7 Å². The summed E-state index contributed by atoms with van der Waals surface area (Å²) in [5.74, 6) is 0.416. The number of para-hydroxylation sites is 1. The van der Waals surface area contributed by atoms with Crippen LogP contribution in [0, 0.1) is 5.82 Å². The van der Waals surface area contributed by atoms with E-state index in [2.05, 4.69) is 15.3 Å². The van der Waals surface area contributed by atoms with Gasteiger partial charge in [-0.15, -0.1) is 0 Å². The third-order valence-corrected chi connectivity index (χ3v) is 2.38. The summed E-state index contributed by atoms with van der Waals surface area (Å²) >= 11 is 0. The van der Waals surface area contributed by atoms with Crippen LogP contribution in [0.4, 0.5) is 10.3 Å². The van der Waals surface area contributed by atoms with E-state index in [1.807, 2.05) is 37.3 Å². The number of nitrogens with zero attached hydrogens (tertiary/aromatic N) is 2. The van der Waals surface area contributed by atoms with Gasteiger partial charge >= 0.3 is 0 Å². The molecule has 2 rings (SSSR count). The lowest BCUT2D eigenvalue weighted by atomic mass is 10.3. The first kappa shape index (κ1) is 14.0. The SMILES string of the molecule is CCNc1ncc(F)c(OCCOc2ccccc2)n1. The van der Waals surface area contributed by atoms with Crippen molar-refractivity contribution in [2.75, 3.05) is 25.1 Å². The first-order chi connectivity index (χ1) is 9.79. The van der Waals surface area contributed by atoms with Crippen LogP contribution in [0.15, 0.2) is 36.5 Å². The Morgan fingerprint density at radius 2 is 1.90 bits per heavy atom. The molecule has 106 valence electrons. The minimum absolute atomic E-state index is 0.0763. The predicted molar refractivity (Wildman–Crippen MR) is 73.6 cm³/mol. The highest BCUT2D eigenvalue weighted by molar-refractivity contribution is 5.28. The highest BCUT2D eigenvalue weighted by Crippen LogP contribution is 2.14. The molecule has 0 unspecified atom stereocenters. The third-order valence-electron chi connectivity index (χ3n) is 2.38. The van der Waals surface area contributed by atoms with Crippen molar-refractivity contribution < 1.29 is 13.9 Å². The summed E-state index contributed by atoms with van der Waals surface area (Å²) in [6.45, 7) is 3.07. The van der Waals surface area contributed by atoms with Crippen LogP contribution in [0.2, 0.25) is 0 Å². The Labute approximate surface area is 116 Å². The van der Waals surface area contributed by atoms with Gasteiger partial charge in [0.25, 0.3) is 5.88 Å². The van der Waals surface area contributed by atoms with Gasteiger partial charge in [-0.1, -0.05) is 18.2 Å².